The lowest BCUT2D eigenvalue weighted by molar-refractivity contribution is -0.179. The zero-order chi connectivity index (χ0) is 14.0. The van der Waals surface area contributed by atoms with Crippen LogP contribution in [-0.2, 0) is 19.1 Å². The second-order valence-electron chi connectivity index (χ2n) is 5.53. The molecule has 5 heteroatoms. The minimum absolute atomic E-state index is 0.215. The van der Waals surface area contributed by atoms with E-state index in [-0.39, 0.29) is 24.7 Å². The molecule has 2 aliphatic rings. The van der Waals surface area contributed by atoms with E-state index in [1.165, 1.54) is 0 Å². The molecule has 0 unspecified atom stereocenters. The molecule has 2 heterocycles. The summed E-state index contributed by atoms with van der Waals surface area (Å²) in [5, 5.41) is 0. The van der Waals surface area contributed by atoms with Gasteiger partial charge in [-0.25, -0.2) is 4.79 Å². The van der Waals surface area contributed by atoms with Crippen LogP contribution in [0.15, 0.2) is 0 Å². The molecule has 0 bridgehead atoms. The number of carbonyl (C=O) groups excluding carboxylic acids is 2. The number of hydrogen-bond acceptors (Lipinski definition) is 4. The average Bonchev–Trinajstić information content (AvgIpc) is 2.53. The van der Waals surface area contributed by atoms with Gasteiger partial charge in [-0.2, -0.15) is 0 Å². The summed E-state index contributed by atoms with van der Waals surface area (Å²) in [6.07, 6.45) is 3.66. The highest BCUT2D eigenvalue weighted by Crippen LogP contribution is 2.38. The minimum Gasteiger partial charge on any atom is -0.463 e. The predicted molar refractivity (Wildman–Crippen MR) is 69.3 cm³/mol. The number of esters is 1. The molecule has 0 N–H and O–H groups in total. The summed E-state index contributed by atoms with van der Waals surface area (Å²) in [5.74, 6) is -0.984. The highest BCUT2D eigenvalue weighted by Gasteiger charge is 2.61. The molecule has 108 valence electrons. The third kappa shape index (κ3) is 2.24. The summed E-state index contributed by atoms with van der Waals surface area (Å²) in [5.41, 5.74) is -1.43. The topological polar surface area (TPSA) is 55.8 Å². The Morgan fingerprint density at radius 1 is 1.47 bits per heavy atom. The zero-order valence-electron chi connectivity index (χ0n) is 12.0. The van der Waals surface area contributed by atoms with Gasteiger partial charge in [-0.15, -0.1) is 0 Å². The second-order valence-corrected chi connectivity index (χ2v) is 5.53. The SMILES string of the molecule is CCOC(=O)[C@]1(C(C)C)O[C@H]2CCCCCN2C1=O. The van der Waals surface area contributed by atoms with Crippen LogP contribution in [-0.4, -0.2) is 41.8 Å². The van der Waals surface area contributed by atoms with E-state index in [1.807, 2.05) is 13.8 Å². The Morgan fingerprint density at radius 2 is 2.21 bits per heavy atom. The van der Waals surface area contributed by atoms with E-state index in [9.17, 15) is 9.59 Å². The molecule has 2 saturated heterocycles. The van der Waals surface area contributed by atoms with Gasteiger partial charge in [0.15, 0.2) is 0 Å². The third-order valence-corrected chi connectivity index (χ3v) is 3.99. The van der Waals surface area contributed by atoms with Crippen molar-refractivity contribution in [1.82, 2.24) is 4.90 Å². The molecular weight excluding hydrogens is 246 g/mol. The fourth-order valence-corrected chi connectivity index (χ4v) is 2.90. The highest BCUT2D eigenvalue weighted by molar-refractivity contribution is 6.07. The predicted octanol–water partition coefficient (Wildman–Crippen LogP) is 1.70. The molecule has 2 atom stereocenters. The van der Waals surface area contributed by atoms with E-state index < -0.39 is 11.6 Å². The Hall–Kier alpha value is -1.10. The van der Waals surface area contributed by atoms with Gasteiger partial charge in [0.1, 0.15) is 6.23 Å². The summed E-state index contributed by atoms with van der Waals surface area (Å²) in [4.78, 5) is 26.7. The van der Waals surface area contributed by atoms with Crippen molar-refractivity contribution in [2.75, 3.05) is 13.2 Å². The Labute approximate surface area is 114 Å². The molecule has 2 aliphatic heterocycles. The van der Waals surface area contributed by atoms with Crippen LogP contribution < -0.4 is 0 Å². The number of carbonyl (C=O) groups is 2. The standard InChI is InChI=1S/C14H23NO4/c1-4-18-13(17)14(10(2)3)12(16)15-9-7-5-6-8-11(15)19-14/h10-11H,4-9H2,1-3H3/t11-,14+/m0/s1. The first-order chi connectivity index (χ1) is 9.04. The smallest absolute Gasteiger partial charge is 0.348 e. The molecule has 19 heavy (non-hydrogen) atoms. The van der Waals surface area contributed by atoms with E-state index in [0.29, 0.717) is 6.54 Å². The number of rotatable bonds is 3. The van der Waals surface area contributed by atoms with Crippen molar-refractivity contribution in [1.29, 1.82) is 0 Å². The van der Waals surface area contributed by atoms with E-state index in [2.05, 4.69) is 0 Å². The molecule has 0 aliphatic carbocycles. The Bertz CT molecular complexity index is 368. The average molecular weight is 269 g/mol. The van der Waals surface area contributed by atoms with Gasteiger partial charge < -0.3 is 14.4 Å². The van der Waals surface area contributed by atoms with E-state index in [1.54, 1.807) is 11.8 Å². The summed E-state index contributed by atoms with van der Waals surface area (Å²) >= 11 is 0. The molecule has 2 rings (SSSR count). The molecule has 1 amide bonds. The van der Waals surface area contributed by atoms with Crippen LogP contribution in [0.2, 0.25) is 0 Å². The molecule has 0 radical (unpaired) electrons. The van der Waals surface area contributed by atoms with Crippen molar-refractivity contribution in [3.05, 3.63) is 0 Å². The van der Waals surface area contributed by atoms with Crippen molar-refractivity contribution in [3.8, 4) is 0 Å². The number of nitrogens with zero attached hydrogens (tertiary/aromatic N) is 1. The maximum absolute atomic E-state index is 12.7. The summed E-state index contributed by atoms with van der Waals surface area (Å²) in [7, 11) is 0. The molecule has 0 saturated carbocycles. The van der Waals surface area contributed by atoms with Crippen molar-refractivity contribution in [2.24, 2.45) is 5.92 Å². The Balaban J connectivity index is 2.30. The van der Waals surface area contributed by atoms with Gasteiger partial charge in [0.2, 0.25) is 5.60 Å². The lowest BCUT2D eigenvalue weighted by Crippen LogP contribution is -2.52. The number of amides is 1. The van der Waals surface area contributed by atoms with Crippen LogP contribution >= 0.6 is 0 Å². The zero-order valence-corrected chi connectivity index (χ0v) is 12.0. The minimum atomic E-state index is -1.43. The molecule has 2 fully saturated rings. The number of ether oxygens (including phenoxy) is 2. The fraction of sp³-hybridized carbons (Fsp3) is 0.857. The number of hydrogen-bond donors (Lipinski definition) is 0. The highest BCUT2D eigenvalue weighted by atomic mass is 16.6. The first-order valence-corrected chi connectivity index (χ1v) is 7.20. The monoisotopic (exact) mass is 269 g/mol. The Morgan fingerprint density at radius 3 is 2.84 bits per heavy atom. The largest absolute Gasteiger partial charge is 0.463 e. The molecule has 0 aromatic rings. The molecule has 0 spiro atoms. The summed E-state index contributed by atoms with van der Waals surface area (Å²) < 4.78 is 11.0. The van der Waals surface area contributed by atoms with E-state index in [4.69, 9.17) is 9.47 Å². The van der Waals surface area contributed by atoms with Gasteiger partial charge in [0.05, 0.1) is 6.61 Å². The van der Waals surface area contributed by atoms with Crippen LogP contribution in [0.1, 0.15) is 46.5 Å². The molecule has 0 aromatic heterocycles. The van der Waals surface area contributed by atoms with Gasteiger partial charge in [-0.1, -0.05) is 20.3 Å². The maximum atomic E-state index is 12.7. The summed E-state index contributed by atoms with van der Waals surface area (Å²) in [6.45, 7) is 6.35. The van der Waals surface area contributed by atoms with Crippen LogP contribution in [0.25, 0.3) is 0 Å². The normalized spacial score (nSPS) is 31.3. The summed E-state index contributed by atoms with van der Waals surface area (Å²) in [6, 6.07) is 0. The van der Waals surface area contributed by atoms with Crippen molar-refractivity contribution < 1.29 is 19.1 Å². The van der Waals surface area contributed by atoms with Gasteiger partial charge >= 0.3 is 5.97 Å². The van der Waals surface area contributed by atoms with Crippen LogP contribution in [0.5, 0.6) is 0 Å². The van der Waals surface area contributed by atoms with Crippen LogP contribution in [0.4, 0.5) is 0 Å². The van der Waals surface area contributed by atoms with Gasteiger partial charge in [-0.05, 0) is 26.2 Å². The van der Waals surface area contributed by atoms with Gasteiger partial charge in [0, 0.05) is 12.5 Å². The third-order valence-electron chi connectivity index (χ3n) is 3.99. The molecule has 5 nitrogen and oxygen atoms in total. The van der Waals surface area contributed by atoms with E-state index in [0.717, 1.165) is 25.7 Å². The van der Waals surface area contributed by atoms with Crippen molar-refractivity contribution >= 4 is 11.9 Å². The number of fused-ring (bicyclic) bond motifs is 1. The Kier molecular flexibility index (Phi) is 4.13. The quantitative estimate of drug-likeness (QED) is 0.578. The van der Waals surface area contributed by atoms with Crippen molar-refractivity contribution in [2.45, 2.75) is 58.3 Å². The van der Waals surface area contributed by atoms with E-state index >= 15 is 0 Å². The second kappa shape index (κ2) is 5.49. The molecule has 0 aromatic carbocycles. The lowest BCUT2D eigenvalue weighted by Gasteiger charge is -2.27. The van der Waals surface area contributed by atoms with Gasteiger partial charge in [0.25, 0.3) is 5.91 Å². The maximum Gasteiger partial charge on any atom is 0.348 e. The molecular formula is C14H23NO4. The van der Waals surface area contributed by atoms with Crippen LogP contribution in [0, 0.1) is 5.92 Å². The van der Waals surface area contributed by atoms with Crippen LogP contribution in [0.3, 0.4) is 0 Å². The van der Waals surface area contributed by atoms with Gasteiger partial charge in [-0.3, -0.25) is 4.79 Å². The first kappa shape index (κ1) is 14.3. The van der Waals surface area contributed by atoms with Crippen molar-refractivity contribution in [3.63, 3.8) is 0 Å². The lowest BCUT2D eigenvalue weighted by atomic mass is 9.89. The first-order valence-electron chi connectivity index (χ1n) is 7.20. The fourth-order valence-electron chi connectivity index (χ4n) is 2.90.